The molecule has 1 heterocycles. The standard InChI is InChI=1S/C16H12N4/c17-10-11-2-1-3-13(8-11)20-16-6-7-19-15-5-4-12(18)9-14(15)16/h1-9H,18H2,(H,19,20). The summed E-state index contributed by atoms with van der Waals surface area (Å²) in [6, 6.07) is 17.0. The lowest BCUT2D eigenvalue weighted by Crippen LogP contribution is -1.94. The smallest absolute Gasteiger partial charge is 0.0992 e. The molecule has 3 aromatic rings. The van der Waals surface area contributed by atoms with E-state index in [1.165, 1.54) is 0 Å². The lowest BCUT2D eigenvalue weighted by Gasteiger charge is -2.10. The van der Waals surface area contributed by atoms with Gasteiger partial charge in [-0.3, -0.25) is 4.98 Å². The van der Waals surface area contributed by atoms with E-state index in [0.717, 1.165) is 22.3 Å². The van der Waals surface area contributed by atoms with Crippen molar-refractivity contribution in [2.24, 2.45) is 0 Å². The van der Waals surface area contributed by atoms with Crippen molar-refractivity contribution in [3.63, 3.8) is 0 Å². The molecular weight excluding hydrogens is 248 g/mol. The molecule has 1 aromatic heterocycles. The van der Waals surface area contributed by atoms with Crippen LogP contribution in [0.5, 0.6) is 0 Å². The number of rotatable bonds is 2. The molecule has 0 fully saturated rings. The fourth-order valence-electron chi connectivity index (χ4n) is 2.09. The molecule has 0 aliphatic heterocycles. The molecule has 0 amide bonds. The van der Waals surface area contributed by atoms with Crippen LogP contribution in [-0.4, -0.2) is 4.98 Å². The molecule has 0 bridgehead atoms. The third kappa shape index (κ3) is 2.25. The lowest BCUT2D eigenvalue weighted by atomic mass is 10.1. The molecule has 4 nitrogen and oxygen atoms in total. The molecule has 3 N–H and O–H groups in total. The highest BCUT2D eigenvalue weighted by molar-refractivity contribution is 5.94. The van der Waals surface area contributed by atoms with Gasteiger partial charge in [0.15, 0.2) is 0 Å². The van der Waals surface area contributed by atoms with E-state index in [-0.39, 0.29) is 0 Å². The zero-order valence-electron chi connectivity index (χ0n) is 10.7. The predicted octanol–water partition coefficient (Wildman–Crippen LogP) is 3.43. The van der Waals surface area contributed by atoms with Crippen molar-refractivity contribution in [1.29, 1.82) is 5.26 Å². The highest BCUT2D eigenvalue weighted by Crippen LogP contribution is 2.26. The second-order valence-electron chi connectivity index (χ2n) is 4.45. The number of nitrogens with two attached hydrogens (primary N) is 1. The van der Waals surface area contributed by atoms with Crippen molar-refractivity contribution in [3.8, 4) is 6.07 Å². The monoisotopic (exact) mass is 260 g/mol. The van der Waals surface area contributed by atoms with E-state index >= 15 is 0 Å². The fourth-order valence-corrected chi connectivity index (χ4v) is 2.09. The van der Waals surface area contributed by atoms with Gasteiger partial charge in [-0.05, 0) is 42.5 Å². The van der Waals surface area contributed by atoms with Crippen LogP contribution in [0.3, 0.4) is 0 Å². The molecule has 0 atom stereocenters. The van der Waals surface area contributed by atoms with Crippen LogP contribution in [0.4, 0.5) is 17.1 Å². The van der Waals surface area contributed by atoms with Gasteiger partial charge in [-0.25, -0.2) is 0 Å². The Labute approximate surface area is 116 Å². The number of nitrogens with one attached hydrogen (secondary N) is 1. The normalized spacial score (nSPS) is 10.2. The van der Waals surface area contributed by atoms with Gasteiger partial charge in [0.2, 0.25) is 0 Å². The summed E-state index contributed by atoms with van der Waals surface area (Å²) in [6.45, 7) is 0. The summed E-state index contributed by atoms with van der Waals surface area (Å²) >= 11 is 0. The van der Waals surface area contributed by atoms with Crippen molar-refractivity contribution in [1.82, 2.24) is 4.98 Å². The summed E-state index contributed by atoms with van der Waals surface area (Å²) < 4.78 is 0. The first-order valence-corrected chi connectivity index (χ1v) is 6.18. The number of anilines is 3. The third-order valence-electron chi connectivity index (χ3n) is 3.04. The first kappa shape index (κ1) is 12.0. The van der Waals surface area contributed by atoms with Gasteiger partial charge >= 0.3 is 0 Å². The fraction of sp³-hybridized carbons (Fsp3) is 0. The summed E-state index contributed by atoms with van der Waals surface area (Å²) in [5.74, 6) is 0. The Kier molecular flexibility index (Phi) is 2.94. The molecule has 0 aliphatic carbocycles. The summed E-state index contributed by atoms with van der Waals surface area (Å²) in [5.41, 5.74) is 9.80. The number of benzene rings is 2. The Balaban J connectivity index is 2.06. The van der Waals surface area contributed by atoms with Crippen LogP contribution < -0.4 is 11.1 Å². The molecular formula is C16H12N4. The van der Waals surface area contributed by atoms with E-state index in [1.807, 2.05) is 36.4 Å². The zero-order valence-corrected chi connectivity index (χ0v) is 10.7. The average Bonchev–Trinajstić information content (AvgIpc) is 2.48. The van der Waals surface area contributed by atoms with E-state index in [0.29, 0.717) is 11.3 Å². The number of nitriles is 1. The maximum absolute atomic E-state index is 8.93. The van der Waals surface area contributed by atoms with Crippen LogP contribution >= 0.6 is 0 Å². The van der Waals surface area contributed by atoms with Crippen molar-refractivity contribution in [2.45, 2.75) is 0 Å². The largest absolute Gasteiger partial charge is 0.399 e. The Hall–Kier alpha value is -3.06. The molecule has 4 heteroatoms. The minimum atomic E-state index is 0.618. The molecule has 0 aliphatic rings. The molecule has 2 aromatic carbocycles. The molecule has 20 heavy (non-hydrogen) atoms. The quantitative estimate of drug-likeness (QED) is 0.692. The van der Waals surface area contributed by atoms with Gasteiger partial charge in [-0.1, -0.05) is 6.07 Å². The van der Waals surface area contributed by atoms with E-state index in [2.05, 4.69) is 16.4 Å². The maximum atomic E-state index is 8.93. The molecule has 0 saturated carbocycles. The van der Waals surface area contributed by atoms with Crippen molar-refractivity contribution < 1.29 is 0 Å². The van der Waals surface area contributed by atoms with Crippen molar-refractivity contribution in [2.75, 3.05) is 11.1 Å². The highest BCUT2D eigenvalue weighted by atomic mass is 14.9. The van der Waals surface area contributed by atoms with Gasteiger partial charge < -0.3 is 11.1 Å². The van der Waals surface area contributed by atoms with E-state index in [4.69, 9.17) is 11.0 Å². The van der Waals surface area contributed by atoms with Crippen molar-refractivity contribution in [3.05, 3.63) is 60.3 Å². The minimum Gasteiger partial charge on any atom is -0.399 e. The number of nitrogens with zero attached hydrogens (tertiary/aromatic N) is 2. The molecule has 0 spiro atoms. The van der Waals surface area contributed by atoms with Gasteiger partial charge in [-0.2, -0.15) is 5.26 Å². The van der Waals surface area contributed by atoms with Crippen LogP contribution in [0.25, 0.3) is 10.9 Å². The number of nitrogen functional groups attached to an aromatic ring is 1. The second kappa shape index (κ2) is 4.90. The molecule has 3 rings (SSSR count). The third-order valence-corrected chi connectivity index (χ3v) is 3.04. The Morgan fingerprint density at radius 3 is 2.85 bits per heavy atom. The van der Waals surface area contributed by atoms with Gasteiger partial charge in [0.05, 0.1) is 17.1 Å². The van der Waals surface area contributed by atoms with Crippen LogP contribution in [0.1, 0.15) is 5.56 Å². The van der Waals surface area contributed by atoms with Gasteiger partial charge in [-0.15, -0.1) is 0 Å². The summed E-state index contributed by atoms with van der Waals surface area (Å²) in [4.78, 5) is 4.31. The Morgan fingerprint density at radius 1 is 1.10 bits per heavy atom. The second-order valence-corrected chi connectivity index (χ2v) is 4.45. The summed E-state index contributed by atoms with van der Waals surface area (Å²) in [5, 5.41) is 13.2. The molecule has 0 unspecified atom stereocenters. The SMILES string of the molecule is N#Cc1cccc(Nc2ccnc3ccc(N)cc23)c1. The highest BCUT2D eigenvalue weighted by Gasteiger charge is 2.03. The number of fused-ring (bicyclic) bond motifs is 1. The molecule has 96 valence electrons. The first-order valence-electron chi connectivity index (χ1n) is 6.18. The number of hydrogen-bond donors (Lipinski definition) is 2. The Morgan fingerprint density at radius 2 is 2.00 bits per heavy atom. The van der Waals surface area contributed by atoms with Crippen molar-refractivity contribution >= 4 is 28.0 Å². The molecule has 0 saturated heterocycles. The van der Waals surface area contributed by atoms with E-state index in [1.54, 1.807) is 18.3 Å². The van der Waals surface area contributed by atoms with Crippen LogP contribution in [-0.2, 0) is 0 Å². The lowest BCUT2D eigenvalue weighted by molar-refractivity contribution is 1.40. The van der Waals surface area contributed by atoms with Crippen LogP contribution in [0.2, 0.25) is 0 Å². The van der Waals surface area contributed by atoms with E-state index in [9.17, 15) is 0 Å². The number of hydrogen-bond acceptors (Lipinski definition) is 4. The number of pyridine rings is 1. The topological polar surface area (TPSA) is 74.7 Å². The molecule has 0 radical (unpaired) electrons. The average molecular weight is 260 g/mol. The Bertz CT molecular complexity index is 818. The zero-order chi connectivity index (χ0) is 13.9. The van der Waals surface area contributed by atoms with Gasteiger partial charge in [0.1, 0.15) is 0 Å². The van der Waals surface area contributed by atoms with Crippen LogP contribution in [0.15, 0.2) is 54.7 Å². The summed E-state index contributed by atoms with van der Waals surface area (Å²) in [6.07, 6.45) is 1.75. The summed E-state index contributed by atoms with van der Waals surface area (Å²) in [7, 11) is 0. The van der Waals surface area contributed by atoms with Gasteiger partial charge in [0, 0.05) is 28.6 Å². The maximum Gasteiger partial charge on any atom is 0.0992 e. The van der Waals surface area contributed by atoms with E-state index < -0.39 is 0 Å². The minimum absolute atomic E-state index is 0.618. The van der Waals surface area contributed by atoms with Crippen LogP contribution in [0, 0.1) is 11.3 Å². The predicted molar refractivity (Wildman–Crippen MR) is 80.6 cm³/mol. The van der Waals surface area contributed by atoms with Gasteiger partial charge in [0.25, 0.3) is 0 Å². The first-order chi connectivity index (χ1) is 9.76. The number of aromatic nitrogens is 1.